The summed E-state index contributed by atoms with van der Waals surface area (Å²) in [6.45, 7) is 4.57. The van der Waals surface area contributed by atoms with Crippen molar-refractivity contribution in [2.45, 2.75) is 39.3 Å². The van der Waals surface area contributed by atoms with Crippen molar-refractivity contribution in [3.63, 3.8) is 0 Å². The van der Waals surface area contributed by atoms with Crippen LogP contribution in [0.1, 0.15) is 37.3 Å². The summed E-state index contributed by atoms with van der Waals surface area (Å²) in [6.07, 6.45) is 0.299. The number of imidazole rings is 1. The van der Waals surface area contributed by atoms with Crippen LogP contribution in [0, 0.1) is 0 Å². The molecule has 34 heavy (non-hydrogen) atoms. The zero-order valence-electron chi connectivity index (χ0n) is 19.4. The van der Waals surface area contributed by atoms with E-state index in [9.17, 15) is 14.7 Å². The quantitative estimate of drug-likeness (QED) is 0.376. The Bertz CT molecular complexity index is 1420. The van der Waals surface area contributed by atoms with Gasteiger partial charge in [0.15, 0.2) is 0 Å². The Morgan fingerprint density at radius 1 is 1.09 bits per heavy atom. The van der Waals surface area contributed by atoms with Gasteiger partial charge in [0.25, 0.3) is 11.2 Å². The SMILES string of the molecule is CC(C)c1ccc(Oc2[nH]c3c(c(=O)n(CCCO)c(=O)n3C)[n+]2Cc2ccc(Cl)cc2)cc1. The number of benzene rings is 2. The number of aromatic amines is 1. The van der Waals surface area contributed by atoms with E-state index in [1.165, 1.54) is 10.1 Å². The van der Waals surface area contributed by atoms with Gasteiger partial charge in [-0.05, 0) is 47.7 Å². The molecule has 0 spiro atoms. The largest absolute Gasteiger partial charge is 0.462 e. The number of aliphatic hydroxyl groups is 1. The van der Waals surface area contributed by atoms with Gasteiger partial charge in [0.1, 0.15) is 12.3 Å². The first-order valence-corrected chi connectivity index (χ1v) is 11.6. The van der Waals surface area contributed by atoms with Gasteiger partial charge in [0.2, 0.25) is 0 Å². The van der Waals surface area contributed by atoms with Crippen LogP contribution in [0.2, 0.25) is 5.02 Å². The first-order chi connectivity index (χ1) is 16.3. The van der Waals surface area contributed by atoms with Gasteiger partial charge in [-0.1, -0.05) is 49.7 Å². The van der Waals surface area contributed by atoms with Crippen LogP contribution in [-0.2, 0) is 20.1 Å². The molecule has 0 radical (unpaired) electrons. The molecular formula is C25H28ClN4O4+. The molecule has 2 aromatic carbocycles. The van der Waals surface area contributed by atoms with E-state index in [1.54, 1.807) is 23.7 Å². The van der Waals surface area contributed by atoms with Gasteiger partial charge >= 0.3 is 17.3 Å². The summed E-state index contributed by atoms with van der Waals surface area (Å²) in [5.41, 5.74) is 1.86. The topological polar surface area (TPSA) is 93.1 Å². The number of fused-ring (bicyclic) bond motifs is 1. The monoisotopic (exact) mass is 483 g/mol. The fourth-order valence-electron chi connectivity index (χ4n) is 3.87. The summed E-state index contributed by atoms with van der Waals surface area (Å²) in [7, 11) is 1.60. The van der Waals surface area contributed by atoms with Crippen molar-refractivity contribution in [3.8, 4) is 11.8 Å². The molecule has 2 N–H and O–H groups in total. The molecule has 9 heteroatoms. The van der Waals surface area contributed by atoms with E-state index in [0.29, 0.717) is 46.8 Å². The van der Waals surface area contributed by atoms with Gasteiger partial charge in [-0.15, -0.1) is 0 Å². The second-order valence-corrected chi connectivity index (χ2v) is 8.98. The van der Waals surface area contributed by atoms with Crippen molar-refractivity contribution in [1.82, 2.24) is 14.1 Å². The number of hydrogen-bond acceptors (Lipinski definition) is 4. The first kappa shape index (κ1) is 23.8. The van der Waals surface area contributed by atoms with Gasteiger partial charge in [-0.2, -0.15) is 9.55 Å². The molecule has 2 aromatic heterocycles. The summed E-state index contributed by atoms with van der Waals surface area (Å²) in [5.74, 6) is 0.996. The molecule has 0 aliphatic carbocycles. The summed E-state index contributed by atoms with van der Waals surface area (Å²) in [6, 6.07) is 15.4. The highest BCUT2D eigenvalue weighted by atomic mass is 35.5. The van der Waals surface area contributed by atoms with Crippen molar-refractivity contribution >= 4 is 22.8 Å². The van der Waals surface area contributed by atoms with Crippen LogP contribution in [0.25, 0.3) is 11.2 Å². The summed E-state index contributed by atoms with van der Waals surface area (Å²) in [4.78, 5) is 29.4. The smallest absolute Gasteiger partial charge is 0.396 e. The molecule has 4 aromatic rings. The van der Waals surface area contributed by atoms with E-state index in [4.69, 9.17) is 16.3 Å². The number of nitrogens with zero attached hydrogens (tertiary/aromatic N) is 3. The number of H-pyrrole nitrogens is 1. The molecule has 0 atom stereocenters. The minimum absolute atomic E-state index is 0.119. The third-order valence-corrected chi connectivity index (χ3v) is 6.07. The second-order valence-electron chi connectivity index (χ2n) is 8.54. The highest BCUT2D eigenvalue weighted by molar-refractivity contribution is 6.30. The Morgan fingerprint density at radius 3 is 2.38 bits per heavy atom. The fourth-order valence-corrected chi connectivity index (χ4v) is 4.00. The van der Waals surface area contributed by atoms with Gasteiger partial charge in [0.05, 0.1) is 0 Å². The van der Waals surface area contributed by atoms with E-state index >= 15 is 0 Å². The number of aliphatic hydroxyl groups excluding tert-OH is 1. The van der Waals surface area contributed by atoms with Crippen LogP contribution in [-0.4, -0.2) is 25.8 Å². The van der Waals surface area contributed by atoms with Crippen LogP contribution < -0.4 is 20.6 Å². The number of nitrogens with one attached hydrogen (secondary N) is 1. The molecule has 2 heterocycles. The van der Waals surface area contributed by atoms with Crippen molar-refractivity contribution < 1.29 is 14.4 Å². The maximum Gasteiger partial charge on any atom is 0.462 e. The number of rotatable bonds is 8. The normalized spacial score (nSPS) is 11.5. The third kappa shape index (κ3) is 4.64. The highest BCUT2D eigenvalue weighted by Gasteiger charge is 2.28. The molecule has 0 unspecified atom stereocenters. The summed E-state index contributed by atoms with van der Waals surface area (Å²) in [5, 5.41) is 9.83. The molecule has 0 saturated heterocycles. The third-order valence-electron chi connectivity index (χ3n) is 5.82. The Hall–Kier alpha value is -3.36. The Morgan fingerprint density at radius 2 is 1.76 bits per heavy atom. The summed E-state index contributed by atoms with van der Waals surface area (Å²) < 4.78 is 10.4. The lowest BCUT2D eigenvalue weighted by molar-refractivity contribution is -0.667. The van der Waals surface area contributed by atoms with Crippen molar-refractivity contribution in [3.05, 3.63) is 85.5 Å². The average Bonchev–Trinajstić information content (AvgIpc) is 3.17. The lowest BCUT2D eigenvalue weighted by Gasteiger charge is -2.08. The maximum atomic E-state index is 13.4. The molecule has 0 bridgehead atoms. The van der Waals surface area contributed by atoms with Crippen LogP contribution in [0.3, 0.4) is 0 Å². The van der Waals surface area contributed by atoms with Crippen LogP contribution in [0.5, 0.6) is 11.8 Å². The lowest BCUT2D eigenvalue weighted by atomic mass is 10.0. The Balaban J connectivity index is 1.88. The average molecular weight is 484 g/mol. The summed E-state index contributed by atoms with van der Waals surface area (Å²) >= 11 is 6.05. The number of ether oxygens (including phenoxy) is 1. The van der Waals surface area contributed by atoms with Gasteiger partial charge in [0, 0.05) is 25.2 Å². The Kier molecular flexibility index (Phi) is 6.90. The minimum atomic E-state index is -0.460. The fraction of sp³-hybridized carbons (Fsp3) is 0.320. The van der Waals surface area contributed by atoms with Crippen molar-refractivity contribution in [2.75, 3.05) is 6.61 Å². The highest BCUT2D eigenvalue weighted by Crippen LogP contribution is 2.23. The molecule has 0 aliphatic heterocycles. The predicted molar refractivity (Wildman–Crippen MR) is 131 cm³/mol. The van der Waals surface area contributed by atoms with E-state index in [1.807, 2.05) is 36.4 Å². The standard InChI is InChI=1S/C25H27ClN4O4/c1-16(2)18-7-11-20(12-8-18)34-24-27-22-21(30(24)15-17-5-9-19(26)10-6-17)23(32)29(13-4-14-31)25(33)28(22)3/h5-12,16,31H,4,13-15H2,1-3H3/p+1. The molecule has 0 aliphatic rings. The first-order valence-electron chi connectivity index (χ1n) is 11.2. The van der Waals surface area contributed by atoms with E-state index in [2.05, 4.69) is 18.8 Å². The second kappa shape index (κ2) is 9.87. The van der Waals surface area contributed by atoms with Gasteiger partial charge < -0.3 is 9.84 Å². The van der Waals surface area contributed by atoms with Gasteiger partial charge in [-0.25, -0.2) is 4.79 Å². The van der Waals surface area contributed by atoms with Crippen LogP contribution in [0.4, 0.5) is 0 Å². The minimum Gasteiger partial charge on any atom is -0.396 e. The zero-order chi connectivity index (χ0) is 24.4. The number of aromatic nitrogens is 4. The molecule has 0 saturated carbocycles. The van der Waals surface area contributed by atoms with Crippen LogP contribution >= 0.6 is 11.6 Å². The molecule has 0 fully saturated rings. The molecular weight excluding hydrogens is 456 g/mol. The van der Waals surface area contributed by atoms with Gasteiger partial charge in [-0.3, -0.25) is 13.9 Å². The zero-order valence-corrected chi connectivity index (χ0v) is 20.2. The number of aryl methyl sites for hydroxylation is 1. The van der Waals surface area contributed by atoms with Crippen molar-refractivity contribution in [1.29, 1.82) is 0 Å². The van der Waals surface area contributed by atoms with E-state index < -0.39 is 11.2 Å². The lowest BCUT2D eigenvalue weighted by Crippen LogP contribution is -2.45. The molecule has 178 valence electrons. The van der Waals surface area contributed by atoms with E-state index in [-0.39, 0.29) is 13.2 Å². The predicted octanol–water partition coefficient (Wildman–Crippen LogP) is 3.32. The van der Waals surface area contributed by atoms with E-state index in [0.717, 1.165) is 10.1 Å². The maximum absolute atomic E-state index is 13.4. The Labute approximate surface area is 201 Å². The van der Waals surface area contributed by atoms with Crippen molar-refractivity contribution in [2.24, 2.45) is 7.05 Å². The molecule has 4 rings (SSSR count). The number of hydrogen-bond donors (Lipinski definition) is 2. The number of halogens is 1. The van der Waals surface area contributed by atoms with Crippen LogP contribution in [0.15, 0.2) is 58.1 Å². The molecule has 0 amide bonds. The molecule has 8 nitrogen and oxygen atoms in total.